The summed E-state index contributed by atoms with van der Waals surface area (Å²) in [4.78, 5) is 33.3. The fourth-order valence-corrected chi connectivity index (χ4v) is 4.22. The first-order valence-electron chi connectivity index (χ1n) is 10.5. The van der Waals surface area contributed by atoms with Crippen LogP contribution in [-0.4, -0.2) is 38.9 Å². The van der Waals surface area contributed by atoms with Gasteiger partial charge in [-0.25, -0.2) is 15.0 Å². The van der Waals surface area contributed by atoms with E-state index in [2.05, 4.69) is 36.1 Å². The van der Waals surface area contributed by atoms with E-state index in [9.17, 15) is 4.79 Å². The Bertz CT molecular complexity index is 1250. The second kappa shape index (κ2) is 9.00. The van der Waals surface area contributed by atoms with Crippen LogP contribution < -0.4 is 10.2 Å². The minimum absolute atomic E-state index is 0.0182. The molecule has 1 aliphatic heterocycles. The molecule has 1 aromatic carbocycles. The number of hydrogen-bond acceptors (Lipinski definition) is 6. The summed E-state index contributed by atoms with van der Waals surface area (Å²) in [6, 6.07) is 15.5. The van der Waals surface area contributed by atoms with E-state index in [1.807, 2.05) is 42.5 Å². The van der Waals surface area contributed by atoms with Crippen LogP contribution in [0.25, 0.3) is 22.3 Å². The number of nitrogens with zero attached hydrogens (tertiary/aromatic N) is 5. The molecule has 8 heteroatoms. The number of benzene rings is 1. The minimum Gasteiger partial charge on any atom is -0.355 e. The van der Waals surface area contributed by atoms with Gasteiger partial charge in [-0.15, -0.1) is 0 Å². The molecule has 0 aliphatic carbocycles. The second-order valence-corrected chi connectivity index (χ2v) is 8.68. The molecule has 5 rings (SSSR count). The van der Waals surface area contributed by atoms with Gasteiger partial charge in [0.05, 0.1) is 11.4 Å². The normalized spacial score (nSPS) is 16.2. The number of carbonyl (C=O) groups excluding carboxylic acids is 1. The van der Waals surface area contributed by atoms with E-state index in [0.717, 1.165) is 46.1 Å². The number of carbonyl (C=O) groups is 1. The minimum atomic E-state index is -0.148. The van der Waals surface area contributed by atoms with Crippen LogP contribution >= 0.6 is 15.9 Å². The standard InChI is InChI=1S/C24H21BrN6O/c25-18-9-10-21(27-14-18)29-24(32)17-6-4-12-31(15-17)23-19-7-1-2-8-20(19)28-22(30-23)16-5-3-11-26-13-16/h1-3,5,7-11,13-14,17H,4,6,12,15H2,(H,27,29,32)/t17-/m1/s1. The van der Waals surface area contributed by atoms with Gasteiger partial charge in [-0.2, -0.15) is 0 Å². The maximum Gasteiger partial charge on any atom is 0.230 e. The molecule has 7 nitrogen and oxygen atoms in total. The van der Waals surface area contributed by atoms with Crippen molar-refractivity contribution in [3.05, 3.63) is 71.6 Å². The lowest BCUT2D eigenvalue weighted by atomic mass is 9.96. The molecule has 0 unspecified atom stereocenters. The molecule has 0 bridgehead atoms. The first-order valence-corrected chi connectivity index (χ1v) is 11.3. The van der Waals surface area contributed by atoms with Gasteiger partial charge in [-0.05, 0) is 65.2 Å². The van der Waals surface area contributed by atoms with Gasteiger partial charge in [0, 0.05) is 47.1 Å². The maximum atomic E-state index is 13.0. The molecular weight excluding hydrogens is 468 g/mol. The molecule has 1 amide bonds. The van der Waals surface area contributed by atoms with Crippen LogP contribution in [0.2, 0.25) is 0 Å². The molecule has 1 atom stereocenters. The van der Waals surface area contributed by atoms with Crippen LogP contribution in [0.5, 0.6) is 0 Å². The number of nitrogens with one attached hydrogen (secondary N) is 1. The highest BCUT2D eigenvalue weighted by Crippen LogP contribution is 2.30. The zero-order valence-corrected chi connectivity index (χ0v) is 18.9. The number of pyridine rings is 2. The van der Waals surface area contributed by atoms with E-state index in [0.29, 0.717) is 18.2 Å². The topological polar surface area (TPSA) is 83.9 Å². The first-order chi connectivity index (χ1) is 15.7. The van der Waals surface area contributed by atoms with E-state index in [1.54, 1.807) is 24.7 Å². The lowest BCUT2D eigenvalue weighted by Gasteiger charge is -2.33. The average molecular weight is 489 g/mol. The van der Waals surface area contributed by atoms with Crippen molar-refractivity contribution in [1.82, 2.24) is 19.9 Å². The number of fused-ring (bicyclic) bond motifs is 1. The molecule has 4 aromatic rings. The number of piperidine rings is 1. The molecule has 32 heavy (non-hydrogen) atoms. The van der Waals surface area contributed by atoms with Gasteiger partial charge in [0.1, 0.15) is 11.6 Å². The fourth-order valence-electron chi connectivity index (χ4n) is 3.99. The number of anilines is 2. The van der Waals surface area contributed by atoms with Gasteiger partial charge in [0.2, 0.25) is 5.91 Å². The van der Waals surface area contributed by atoms with Crippen LogP contribution in [-0.2, 0) is 4.79 Å². The summed E-state index contributed by atoms with van der Waals surface area (Å²) in [7, 11) is 0. The highest BCUT2D eigenvalue weighted by molar-refractivity contribution is 9.10. The third-order valence-corrected chi connectivity index (χ3v) is 6.04. The number of para-hydroxylation sites is 1. The Balaban J connectivity index is 1.44. The van der Waals surface area contributed by atoms with Gasteiger partial charge in [-0.3, -0.25) is 9.78 Å². The molecule has 0 radical (unpaired) electrons. The molecular formula is C24H21BrN6O. The molecule has 3 aromatic heterocycles. The van der Waals surface area contributed by atoms with E-state index in [4.69, 9.17) is 9.97 Å². The number of hydrogen-bond donors (Lipinski definition) is 1. The predicted octanol–water partition coefficient (Wildman–Crippen LogP) is 4.70. The van der Waals surface area contributed by atoms with Crippen molar-refractivity contribution >= 4 is 44.4 Å². The lowest BCUT2D eigenvalue weighted by molar-refractivity contribution is -0.120. The molecule has 1 fully saturated rings. The Hall–Kier alpha value is -3.39. The molecule has 4 heterocycles. The Labute approximate surface area is 194 Å². The highest BCUT2D eigenvalue weighted by Gasteiger charge is 2.28. The number of aromatic nitrogens is 4. The molecule has 0 spiro atoms. The van der Waals surface area contributed by atoms with Gasteiger partial charge >= 0.3 is 0 Å². The second-order valence-electron chi connectivity index (χ2n) is 7.77. The monoisotopic (exact) mass is 488 g/mol. The smallest absolute Gasteiger partial charge is 0.230 e. The Morgan fingerprint density at radius 2 is 1.97 bits per heavy atom. The third-order valence-electron chi connectivity index (χ3n) is 5.57. The SMILES string of the molecule is O=C(Nc1ccc(Br)cn1)[C@@H]1CCCN(c2nc(-c3cccnc3)nc3ccccc23)C1. The quantitative estimate of drug-likeness (QED) is 0.447. The number of rotatable bonds is 4. The summed E-state index contributed by atoms with van der Waals surface area (Å²) in [5.74, 6) is 1.88. The molecule has 160 valence electrons. The first kappa shape index (κ1) is 20.5. The molecule has 0 saturated carbocycles. The van der Waals surface area contributed by atoms with Gasteiger partial charge in [0.25, 0.3) is 0 Å². The summed E-state index contributed by atoms with van der Waals surface area (Å²) in [5, 5.41) is 3.93. The summed E-state index contributed by atoms with van der Waals surface area (Å²) >= 11 is 3.37. The van der Waals surface area contributed by atoms with Crippen molar-refractivity contribution in [3.63, 3.8) is 0 Å². The largest absolute Gasteiger partial charge is 0.355 e. The van der Waals surface area contributed by atoms with E-state index < -0.39 is 0 Å². The fraction of sp³-hybridized carbons (Fsp3) is 0.208. The van der Waals surface area contributed by atoms with Crippen LogP contribution in [0.15, 0.2) is 71.6 Å². The number of halogens is 1. The zero-order chi connectivity index (χ0) is 21.9. The summed E-state index contributed by atoms with van der Waals surface area (Å²) in [5.41, 5.74) is 1.74. The average Bonchev–Trinajstić information content (AvgIpc) is 2.85. The highest BCUT2D eigenvalue weighted by atomic mass is 79.9. The van der Waals surface area contributed by atoms with E-state index in [-0.39, 0.29) is 11.8 Å². The van der Waals surface area contributed by atoms with Crippen molar-refractivity contribution in [2.24, 2.45) is 5.92 Å². The molecule has 1 aliphatic rings. The Morgan fingerprint density at radius 3 is 2.78 bits per heavy atom. The van der Waals surface area contributed by atoms with Crippen LogP contribution in [0.4, 0.5) is 11.6 Å². The van der Waals surface area contributed by atoms with Crippen LogP contribution in [0.3, 0.4) is 0 Å². The zero-order valence-electron chi connectivity index (χ0n) is 17.3. The van der Waals surface area contributed by atoms with E-state index in [1.165, 1.54) is 0 Å². The third kappa shape index (κ3) is 4.31. The van der Waals surface area contributed by atoms with Crippen molar-refractivity contribution < 1.29 is 4.79 Å². The van der Waals surface area contributed by atoms with Crippen molar-refractivity contribution in [2.75, 3.05) is 23.3 Å². The van der Waals surface area contributed by atoms with Crippen molar-refractivity contribution in [3.8, 4) is 11.4 Å². The summed E-state index contributed by atoms with van der Waals surface area (Å²) in [6.07, 6.45) is 6.92. The molecule has 1 N–H and O–H groups in total. The number of amides is 1. The lowest BCUT2D eigenvalue weighted by Crippen LogP contribution is -2.41. The van der Waals surface area contributed by atoms with Gasteiger partial charge in [0.15, 0.2) is 5.82 Å². The van der Waals surface area contributed by atoms with Crippen LogP contribution in [0.1, 0.15) is 12.8 Å². The van der Waals surface area contributed by atoms with Crippen molar-refractivity contribution in [2.45, 2.75) is 12.8 Å². The summed E-state index contributed by atoms with van der Waals surface area (Å²) < 4.78 is 0.874. The summed E-state index contributed by atoms with van der Waals surface area (Å²) in [6.45, 7) is 1.43. The maximum absolute atomic E-state index is 13.0. The Morgan fingerprint density at radius 1 is 1.06 bits per heavy atom. The Kier molecular flexibility index (Phi) is 5.77. The van der Waals surface area contributed by atoms with Gasteiger partial charge in [-0.1, -0.05) is 12.1 Å². The van der Waals surface area contributed by atoms with Crippen molar-refractivity contribution in [1.29, 1.82) is 0 Å². The van der Waals surface area contributed by atoms with Gasteiger partial charge < -0.3 is 10.2 Å². The predicted molar refractivity (Wildman–Crippen MR) is 128 cm³/mol. The van der Waals surface area contributed by atoms with Crippen LogP contribution in [0, 0.1) is 5.92 Å². The van der Waals surface area contributed by atoms with E-state index >= 15 is 0 Å². The molecule has 1 saturated heterocycles.